The number of allylic oxidation sites excluding steroid dienone is 3. The summed E-state index contributed by atoms with van der Waals surface area (Å²) in [7, 11) is 0. The van der Waals surface area contributed by atoms with Crippen molar-refractivity contribution in [1.29, 1.82) is 0 Å². The molecule has 0 bridgehead atoms. The van der Waals surface area contributed by atoms with Crippen molar-refractivity contribution >= 4 is 34.7 Å². The van der Waals surface area contributed by atoms with Gasteiger partial charge in [0.2, 0.25) is 0 Å². The number of hydrogen-bond donors (Lipinski definition) is 5. The predicted octanol–water partition coefficient (Wildman–Crippen LogP) is 5.91. The SMILES string of the molecule is Cc1c(N)cc(N)cc1C=Nc1ccc(C2C=CC(NC(C)c3cc(N)cc(N)c3C)=CC2C)cc1. The van der Waals surface area contributed by atoms with E-state index in [1.165, 1.54) is 5.56 Å². The van der Waals surface area contributed by atoms with Crippen LogP contribution in [-0.4, -0.2) is 6.21 Å². The first-order valence-corrected chi connectivity index (χ1v) is 12.2. The Hall–Kier alpha value is -4.19. The molecule has 0 saturated carbocycles. The van der Waals surface area contributed by atoms with Gasteiger partial charge in [0, 0.05) is 46.6 Å². The van der Waals surface area contributed by atoms with Gasteiger partial charge in [-0.3, -0.25) is 4.99 Å². The second kappa shape index (κ2) is 10.2. The molecule has 0 fully saturated rings. The highest BCUT2D eigenvalue weighted by molar-refractivity contribution is 5.87. The molecule has 1 aliphatic rings. The Morgan fingerprint density at radius 2 is 1.53 bits per heavy atom. The lowest BCUT2D eigenvalue weighted by Crippen LogP contribution is -2.22. The third kappa shape index (κ3) is 5.38. The van der Waals surface area contributed by atoms with Gasteiger partial charge in [-0.15, -0.1) is 0 Å². The van der Waals surface area contributed by atoms with Crippen molar-refractivity contribution in [3.05, 3.63) is 100 Å². The molecule has 0 amide bonds. The molecule has 4 rings (SSSR count). The summed E-state index contributed by atoms with van der Waals surface area (Å²) in [5, 5.41) is 3.61. The number of nitrogens with two attached hydrogens (primary N) is 4. The van der Waals surface area contributed by atoms with Gasteiger partial charge in [0.05, 0.1) is 5.69 Å². The average molecular weight is 481 g/mol. The highest BCUT2D eigenvalue weighted by Gasteiger charge is 2.20. The Bertz CT molecular complexity index is 1350. The predicted molar refractivity (Wildman–Crippen MR) is 154 cm³/mol. The molecule has 3 aromatic carbocycles. The number of aliphatic imine (C=N–C) groups is 1. The van der Waals surface area contributed by atoms with Crippen molar-refractivity contribution in [3.8, 4) is 0 Å². The molecule has 1 aliphatic carbocycles. The topological polar surface area (TPSA) is 128 Å². The standard InChI is InChI=1S/C30H36N6/c1-17-11-26(36-20(4)28-13-24(32)15-30(34)19(28)3)9-10-27(17)21-5-7-25(8-6-21)35-16-22-12-23(31)14-29(33)18(22)2/h5-17,20,27,36H,31-34H2,1-4H3. The Morgan fingerprint density at radius 3 is 2.19 bits per heavy atom. The number of anilines is 4. The molecule has 0 saturated heterocycles. The summed E-state index contributed by atoms with van der Waals surface area (Å²) < 4.78 is 0. The molecular weight excluding hydrogens is 444 g/mol. The van der Waals surface area contributed by atoms with Crippen LogP contribution in [-0.2, 0) is 0 Å². The van der Waals surface area contributed by atoms with Crippen LogP contribution in [0.1, 0.15) is 53.6 Å². The molecule has 0 spiro atoms. The number of nitrogens with one attached hydrogen (secondary N) is 1. The number of nitrogens with zero attached hydrogens (tertiary/aromatic N) is 1. The Balaban J connectivity index is 1.44. The zero-order valence-electron chi connectivity index (χ0n) is 21.4. The highest BCUT2D eigenvalue weighted by atomic mass is 14.9. The van der Waals surface area contributed by atoms with E-state index in [4.69, 9.17) is 22.9 Å². The van der Waals surface area contributed by atoms with E-state index >= 15 is 0 Å². The van der Waals surface area contributed by atoms with Crippen LogP contribution in [0.15, 0.2) is 77.4 Å². The summed E-state index contributed by atoms with van der Waals surface area (Å²) in [6.07, 6.45) is 8.52. The fourth-order valence-electron chi connectivity index (χ4n) is 4.74. The van der Waals surface area contributed by atoms with Gasteiger partial charge in [-0.1, -0.05) is 31.2 Å². The van der Waals surface area contributed by atoms with E-state index in [2.05, 4.69) is 54.5 Å². The lowest BCUT2D eigenvalue weighted by Gasteiger charge is -2.26. The minimum Gasteiger partial charge on any atom is -0.399 e. The van der Waals surface area contributed by atoms with E-state index in [9.17, 15) is 0 Å². The molecule has 0 aromatic heterocycles. The zero-order valence-corrected chi connectivity index (χ0v) is 21.4. The number of nitrogen functional groups attached to an aromatic ring is 4. The Kier molecular flexibility index (Phi) is 7.06. The normalized spacial score (nSPS) is 18.3. The van der Waals surface area contributed by atoms with E-state index in [-0.39, 0.29) is 6.04 Å². The second-order valence-electron chi connectivity index (χ2n) is 9.73. The van der Waals surface area contributed by atoms with Crippen LogP contribution < -0.4 is 28.3 Å². The number of benzene rings is 3. The van der Waals surface area contributed by atoms with Crippen molar-refractivity contribution in [3.63, 3.8) is 0 Å². The van der Waals surface area contributed by atoms with Crippen LogP contribution in [0.4, 0.5) is 28.4 Å². The summed E-state index contributed by atoms with van der Waals surface area (Å²) >= 11 is 0. The molecule has 6 nitrogen and oxygen atoms in total. The largest absolute Gasteiger partial charge is 0.399 e. The molecular formula is C30H36N6. The van der Waals surface area contributed by atoms with Crippen LogP contribution >= 0.6 is 0 Å². The summed E-state index contributed by atoms with van der Waals surface area (Å²) in [6, 6.07) is 15.9. The molecule has 186 valence electrons. The molecule has 3 atom stereocenters. The first-order valence-electron chi connectivity index (χ1n) is 12.2. The summed E-state index contributed by atoms with van der Waals surface area (Å²) in [4.78, 5) is 4.62. The molecule has 6 heteroatoms. The third-order valence-corrected chi connectivity index (χ3v) is 6.99. The minimum absolute atomic E-state index is 0.0894. The second-order valence-corrected chi connectivity index (χ2v) is 9.73. The van der Waals surface area contributed by atoms with Gasteiger partial charge < -0.3 is 28.3 Å². The summed E-state index contributed by atoms with van der Waals surface area (Å²) in [6.45, 7) is 8.37. The maximum atomic E-state index is 6.12. The smallest absolute Gasteiger partial charge is 0.0630 e. The van der Waals surface area contributed by atoms with Crippen molar-refractivity contribution in [1.82, 2.24) is 5.32 Å². The van der Waals surface area contributed by atoms with Crippen molar-refractivity contribution in [2.24, 2.45) is 10.9 Å². The molecule has 3 unspecified atom stereocenters. The molecule has 36 heavy (non-hydrogen) atoms. The fourth-order valence-corrected chi connectivity index (χ4v) is 4.74. The van der Waals surface area contributed by atoms with Gasteiger partial charge >= 0.3 is 0 Å². The Labute approximate surface area is 213 Å². The van der Waals surface area contributed by atoms with E-state index in [0.29, 0.717) is 28.9 Å². The van der Waals surface area contributed by atoms with Crippen LogP contribution in [0.3, 0.4) is 0 Å². The van der Waals surface area contributed by atoms with Gasteiger partial charge in [-0.05, 0) is 97.0 Å². The lowest BCUT2D eigenvalue weighted by atomic mass is 9.83. The van der Waals surface area contributed by atoms with Crippen molar-refractivity contribution in [2.45, 2.75) is 39.7 Å². The van der Waals surface area contributed by atoms with Crippen LogP contribution in [0.25, 0.3) is 0 Å². The lowest BCUT2D eigenvalue weighted by molar-refractivity contribution is 0.597. The molecule has 0 heterocycles. The quantitative estimate of drug-likeness (QED) is 0.221. The molecule has 9 N–H and O–H groups in total. The monoisotopic (exact) mass is 480 g/mol. The van der Waals surface area contributed by atoms with Gasteiger partial charge in [0.1, 0.15) is 0 Å². The average Bonchev–Trinajstić information content (AvgIpc) is 2.83. The minimum atomic E-state index is 0.0894. The molecule has 0 radical (unpaired) electrons. The maximum Gasteiger partial charge on any atom is 0.0630 e. The van der Waals surface area contributed by atoms with E-state index in [1.807, 2.05) is 50.4 Å². The van der Waals surface area contributed by atoms with Gasteiger partial charge in [-0.25, -0.2) is 0 Å². The van der Waals surface area contributed by atoms with E-state index < -0.39 is 0 Å². The van der Waals surface area contributed by atoms with Crippen molar-refractivity contribution in [2.75, 3.05) is 22.9 Å². The summed E-state index contributed by atoms with van der Waals surface area (Å²) in [5.74, 6) is 0.633. The van der Waals surface area contributed by atoms with Crippen molar-refractivity contribution < 1.29 is 0 Å². The maximum absolute atomic E-state index is 6.12. The van der Waals surface area contributed by atoms with Gasteiger partial charge in [-0.2, -0.15) is 0 Å². The van der Waals surface area contributed by atoms with Crippen LogP contribution in [0.5, 0.6) is 0 Å². The summed E-state index contributed by atoms with van der Waals surface area (Å²) in [5.41, 5.74) is 34.1. The highest BCUT2D eigenvalue weighted by Crippen LogP contribution is 2.34. The Morgan fingerprint density at radius 1 is 0.889 bits per heavy atom. The fraction of sp³-hybridized carbons (Fsp3) is 0.233. The molecule has 3 aromatic rings. The third-order valence-electron chi connectivity index (χ3n) is 6.99. The number of hydrogen-bond acceptors (Lipinski definition) is 6. The zero-order chi connectivity index (χ0) is 26.0. The molecule has 0 aliphatic heterocycles. The first-order chi connectivity index (χ1) is 17.1. The van der Waals surface area contributed by atoms with E-state index in [1.54, 1.807) is 6.07 Å². The number of rotatable bonds is 6. The van der Waals surface area contributed by atoms with Gasteiger partial charge in [0.25, 0.3) is 0 Å². The van der Waals surface area contributed by atoms with Crippen LogP contribution in [0, 0.1) is 19.8 Å². The first kappa shape index (κ1) is 24.9. The van der Waals surface area contributed by atoms with Crippen LogP contribution in [0.2, 0.25) is 0 Å². The van der Waals surface area contributed by atoms with Gasteiger partial charge in [0.15, 0.2) is 0 Å². The van der Waals surface area contributed by atoms with E-state index in [0.717, 1.165) is 39.3 Å².